The van der Waals surface area contributed by atoms with E-state index in [1.807, 2.05) is 36.9 Å². The van der Waals surface area contributed by atoms with Crippen molar-refractivity contribution in [3.8, 4) is 0 Å². The fourth-order valence-electron chi connectivity index (χ4n) is 4.18. The van der Waals surface area contributed by atoms with Crippen LogP contribution in [0.3, 0.4) is 0 Å². The van der Waals surface area contributed by atoms with Gasteiger partial charge < -0.3 is 10.3 Å². The predicted octanol–water partition coefficient (Wildman–Crippen LogP) is 3.07. The highest BCUT2D eigenvalue weighted by Gasteiger charge is 2.30. The Morgan fingerprint density at radius 3 is 2.82 bits per heavy atom. The van der Waals surface area contributed by atoms with Gasteiger partial charge in [0.05, 0.1) is 23.5 Å². The number of amides is 1. The second kappa shape index (κ2) is 8.86. The first-order chi connectivity index (χ1) is 13.4. The van der Waals surface area contributed by atoms with Crippen LogP contribution in [0.15, 0.2) is 29.1 Å². The molecule has 28 heavy (non-hydrogen) atoms. The molecule has 6 heteroatoms. The van der Waals surface area contributed by atoms with Gasteiger partial charge in [0.1, 0.15) is 5.82 Å². The zero-order valence-corrected chi connectivity index (χ0v) is 17.4. The fraction of sp³-hybridized carbons (Fsp3) is 0.591. The highest BCUT2D eigenvalue weighted by atomic mass is 16.2. The number of H-pyrrole nitrogens is 1. The van der Waals surface area contributed by atoms with Crippen LogP contribution in [0.5, 0.6) is 0 Å². The van der Waals surface area contributed by atoms with E-state index in [9.17, 15) is 9.59 Å². The molecule has 0 radical (unpaired) electrons. The molecule has 0 saturated heterocycles. The largest absolute Gasteiger partial charge is 0.352 e. The van der Waals surface area contributed by atoms with Crippen LogP contribution < -0.4 is 10.9 Å². The number of hydrogen-bond donors (Lipinski definition) is 2. The third-order valence-electron chi connectivity index (χ3n) is 6.38. The van der Waals surface area contributed by atoms with Gasteiger partial charge in [0.25, 0.3) is 5.56 Å². The van der Waals surface area contributed by atoms with Crippen LogP contribution in [0.4, 0.5) is 0 Å². The number of likely N-dealkylation sites (N-methyl/N-ethyl adjacent to an activating group) is 1. The van der Waals surface area contributed by atoms with Gasteiger partial charge in [-0.1, -0.05) is 45.7 Å². The van der Waals surface area contributed by atoms with Gasteiger partial charge in [-0.15, -0.1) is 0 Å². The number of carbonyl (C=O) groups excluding carboxylic acids is 1. The molecule has 1 aromatic heterocycles. The first-order valence-electron chi connectivity index (χ1n) is 10.4. The average molecular weight is 385 g/mol. The molecule has 1 fully saturated rings. The fourth-order valence-corrected chi connectivity index (χ4v) is 4.18. The molecule has 1 aliphatic carbocycles. The molecule has 1 heterocycles. The summed E-state index contributed by atoms with van der Waals surface area (Å²) < 4.78 is 0. The summed E-state index contributed by atoms with van der Waals surface area (Å²) in [4.78, 5) is 34.7. The smallest absolute Gasteiger partial charge is 0.258 e. The van der Waals surface area contributed by atoms with Crippen LogP contribution in [0, 0.1) is 11.8 Å². The molecule has 152 valence electrons. The van der Waals surface area contributed by atoms with Gasteiger partial charge in [0.2, 0.25) is 5.91 Å². The molecule has 0 aliphatic heterocycles. The van der Waals surface area contributed by atoms with Crippen LogP contribution >= 0.6 is 0 Å². The van der Waals surface area contributed by atoms with E-state index in [1.165, 1.54) is 12.8 Å². The van der Waals surface area contributed by atoms with Gasteiger partial charge >= 0.3 is 0 Å². The lowest BCUT2D eigenvalue weighted by Gasteiger charge is -2.36. The predicted molar refractivity (Wildman–Crippen MR) is 112 cm³/mol. The Hall–Kier alpha value is -2.21. The number of carbonyl (C=O) groups is 1. The summed E-state index contributed by atoms with van der Waals surface area (Å²) in [6.07, 6.45) is 3.46. The third-order valence-corrected chi connectivity index (χ3v) is 6.38. The normalized spacial score (nSPS) is 23.7. The molecular formula is C22H32N4O2. The minimum Gasteiger partial charge on any atom is -0.352 e. The Kier molecular flexibility index (Phi) is 6.50. The average Bonchev–Trinajstić information content (AvgIpc) is 2.69. The quantitative estimate of drug-likeness (QED) is 0.802. The first-order valence-corrected chi connectivity index (χ1v) is 10.4. The Balaban J connectivity index is 1.70. The van der Waals surface area contributed by atoms with Gasteiger partial charge in [0, 0.05) is 6.04 Å². The first kappa shape index (κ1) is 20.5. The third kappa shape index (κ3) is 4.43. The number of para-hydroxylation sites is 1. The van der Waals surface area contributed by atoms with Crippen LogP contribution in [-0.2, 0) is 11.3 Å². The van der Waals surface area contributed by atoms with Crippen LogP contribution in [0.2, 0.25) is 0 Å². The molecule has 3 rings (SSSR count). The van der Waals surface area contributed by atoms with Gasteiger partial charge in [0.15, 0.2) is 0 Å². The van der Waals surface area contributed by atoms with Crippen molar-refractivity contribution in [2.45, 2.75) is 65.6 Å². The van der Waals surface area contributed by atoms with Crippen LogP contribution in [-0.4, -0.2) is 39.4 Å². The van der Waals surface area contributed by atoms with Crippen molar-refractivity contribution in [3.63, 3.8) is 0 Å². The maximum Gasteiger partial charge on any atom is 0.258 e. The van der Waals surface area contributed by atoms with E-state index in [2.05, 4.69) is 29.1 Å². The Labute approximate surface area is 166 Å². The Morgan fingerprint density at radius 2 is 2.07 bits per heavy atom. The van der Waals surface area contributed by atoms with Gasteiger partial charge in [-0.05, 0) is 43.9 Å². The maximum absolute atomic E-state index is 12.9. The molecular weight excluding hydrogens is 352 g/mol. The van der Waals surface area contributed by atoms with Crippen molar-refractivity contribution in [2.75, 3.05) is 6.54 Å². The van der Waals surface area contributed by atoms with Crippen molar-refractivity contribution in [1.82, 2.24) is 20.2 Å². The van der Waals surface area contributed by atoms with Crippen molar-refractivity contribution < 1.29 is 4.79 Å². The minimum atomic E-state index is -0.286. The topological polar surface area (TPSA) is 78.1 Å². The molecule has 0 spiro atoms. The monoisotopic (exact) mass is 384 g/mol. The second-order valence-electron chi connectivity index (χ2n) is 8.15. The number of hydrogen-bond acceptors (Lipinski definition) is 4. The molecule has 0 bridgehead atoms. The van der Waals surface area contributed by atoms with Crippen molar-refractivity contribution in [1.29, 1.82) is 0 Å². The standard InChI is InChI=1S/C22H32N4O2/c1-5-26(13-20-23-19-11-7-6-10-17(19)22(28)25-20)16(4)21(27)24-18-12-8-9-14(2)15(18)3/h6-7,10-11,14-16,18H,5,8-9,12-13H2,1-4H3,(H,24,27)(H,23,25,28). The van der Waals surface area contributed by atoms with Crippen molar-refractivity contribution in [3.05, 3.63) is 40.4 Å². The summed E-state index contributed by atoms with van der Waals surface area (Å²) in [5, 5.41) is 3.85. The summed E-state index contributed by atoms with van der Waals surface area (Å²) >= 11 is 0. The highest BCUT2D eigenvalue weighted by molar-refractivity contribution is 5.81. The molecule has 2 aromatic rings. The lowest BCUT2D eigenvalue weighted by Crippen LogP contribution is -2.51. The van der Waals surface area contributed by atoms with E-state index < -0.39 is 0 Å². The lowest BCUT2D eigenvalue weighted by atomic mass is 9.78. The number of aromatic amines is 1. The number of rotatable bonds is 6. The molecule has 4 atom stereocenters. The summed E-state index contributed by atoms with van der Waals surface area (Å²) in [5.74, 6) is 1.78. The zero-order chi connectivity index (χ0) is 20.3. The summed E-state index contributed by atoms with van der Waals surface area (Å²) in [6, 6.07) is 7.27. The van der Waals surface area contributed by atoms with E-state index in [4.69, 9.17) is 0 Å². The van der Waals surface area contributed by atoms with Crippen molar-refractivity contribution >= 4 is 16.8 Å². The summed E-state index contributed by atoms with van der Waals surface area (Å²) in [5.41, 5.74) is 0.540. The van der Waals surface area contributed by atoms with Gasteiger partial charge in [-0.3, -0.25) is 14.5 Å². The molecule has 1 aliphatic rings. The molecule has 1 amide bonds. The second-order valence-corrected chi connectivity index (χ2v) is 8.15. The number of aromatic nitrogens is 2. The number of fused-ring (bicyclic) bond motifs is 1. The zero-order valence-electron chi connectivity index (χ0n) is 17.4. The summed E-state index contributed by atoms with van der Waals surface area (Å²) in [6.45, 7) is 9.58. The van der Waals surface area contributed by atoms with Gasteiger partial charge in [-0.25, -0.2) is 4.98 Å². The van der Waals surface area contributed by atoms with E-state index in [1.54, 1.807) is 6.07 Å². The molecule has 2 N–H and O–H groups in total. The molecule has 6 nitrogen and oxygen atoms in total. The van der Waals surface area contributed by atoms with Crippen molar-refractivity contribution in [2.24, 2.45) is 11.8 Å². The van der Waals surface area contributed by atoms with Crippen LogP contribution in [0.1, 0.15) is 52.8 Å². The molecule has 4 unspecified atom stereocenters. The number of benzene rings is 1. The van der Waals surface area contributed by atoms with E-state index in [-0.39, 0.29) is 23.6 Å². The number of nitrogens with one attached hydrogen (secondary N) is 2. The number of nitrogens with zero attached hydrogens (tertiary/aromatic N) is 2. The van der Waals surface area contributed by atoms with Crippen LogP contribution in [0.25, 0.3) is 10.9 Å². The van der Waals surface area contributed by atoms with E-state index in [0.717, 1.165) is 6.42 Å². The lowest BCUT2D eigenvalue weighted by molar-refractivity contribution is -0.127. The molecule has 1 aromatic carbocycles. The maximum atomic E-state index is 12.9. The minimum absolute atomic E-state index is 0.0518. The highest BCUT2D eigenvalue weighted by Crippen LogP contribution is 2.29. The molecule has 1 saturated carbocycles. The Bertz CT molecular complexity index is 878. The van der Waals surface area contributed by atoms with Gasteiger partial charge in [-0.2, -0.15) is 0 Å². The van der Waals surface area contributed by atoms with E-state index >= 15 is 0 Å². The SMILES string of the molecule is CCN(Cc1nc2ccccc2c(=O)[nH]1)C(C)C(=O)NC1CCCC(C)C1C. The summed E-state index contributed by atoms with van der Waals surface area (Å²) in [7, 11) is 0. The van der Waals surface area contributed by atoms with E-state index in [0.29, 0.717) is 41.7 Å². The Morgan fingerprint density at radius 1 is 1.32 bits per heavy atom.